The largest absolute Gasteiger partial charge is 0.327 e. The topological polar surface area (TPSA) is 38.9 Å². The standard InChI is InChI=1S/C22H23N5/c1-4-17(5-1)25-11-9-21-24-19-15-18(6-7-20(19)27(21)14-13-25)26-12-8-16-3-2-10-23-22(16)26/h2-3,6-8,10,12,15,17H,1,4-5,9,11,13-14H2. The van der Waals surface area contributed by atoms with E-state index in [2.05, 4.69) is 55.5 Å². The first kappa shape index (κ1) is 15.4. The molecule has 6 rings (SSSR count). The molecule has 1 aliphatic heterocycles. The minimum absolute atomic E-state index is 0.821. The van der Waals surface area contributed by atoms with Gasteiger partial charge in [0.1, 0.15) is 11.5 Å². The second kappa shape index (κ2) is 5.92. The van der Waals surface area contributed by atoms with Crippen molar-refractivity contribution < 1.29 is 0 Å². The highest BCUT2D eigenvalue weighted by Gasteiger charge is 2.27. The van der Waals surface area contributed by atoms with Crippen LogP contribution in [-0.2, 0) is 13.0 Å². The number of benzene rings is 1. The third-order valence-corrected chi connectivity index (χ3v) is 6.36. The van der Waals surface area contributed by atoms with Crippen LogP contribution < -0.4 is 0 Å². The van der Waals surface area contributed by atoms with E-state index < -0.39 is 0 Å². The van der Waals surface area contributed by atoms with Crippen molar-refractivity contribution in [3.63, 3.8) is 0 Å². The molecule has 136 valence electrons. The van der Waals surface area contributed by atoms with Gasteiger partial charge in [0.2, 0.25) is 0 Å². The van der Waals surface area contributed by atoms with Gasteiger partial charge >= 0.3 is 0 Å². The smallest absolute Gasteiger partial charge is 0.144 e. The zero-order valence-electron chi connectivity index (χ0n) is 15.4. The summed E-state index contributed by atoms with van der Waals surface area (Å²) in [4.78, 5) is 12.2. The highest BCUT2D eigenvalue weighted by atomic mass is 15.2. The molecule has 4 heterocycles. The van der Waals surface area contributed by atoms with Crippen LogP contribution in [-0.4, -0.2) is 43.1 Å². The third-order valence-electron chi connectivity index (χ3n) is 6.36. The molecule has 0 N–H and O–H groups in total. The Hall–Kier alpha value is -2.66. The summed E-state index contributed by atoms with van der Waals surface area (Å²) in [5.74, 6) is 1.24. The Balaban J connectivity index is 1.37. The van der Waals surface area contributed by atoms with E-state index in [9.17, 15) is 0 Å². The van der Waals surface area contributed by atoms with E-state index in [0.29, 0.717) is 0 Å². The Morgan fingerprint density at radius 2 is 1.96 bits per heavy atom. The van der Waals surface area contributed by atoms with Gasteiger partial charge in [-0.25, -0.2) is 9.97 Å². The molecule has 0 saturated heterocycles. The van der Waals surface area contributed by atoms with Crippen LogP contribution in [0.15, 0.2) is 48.8 Å². The lowest BCUT2D eigenvalue weighted by molar-refractivity contribution is 0.130. The zero-order valence-corrected chi connectivity index (χ0v) is 15.4. The van der Waals surface area contributed by atoms with Crippen LogP contribution in [0.2, 0.25) is 0 Å². The summed E-state index contributed by atoms with van der Waals surface area (Å²) < 4.78 is 4.58. The molecule has 27 heavy (non-hydrogen) atoms. The van der Waals surface area contributed by atoms with Crippen LogP contribution in [0.25, 0.3) is 27.8 Å². The van der Waals surface area contributed by atoms with Gasteiger partial charge in [0.25, 0.3) is 0 Å². The summed E-state index contributed by atoms with van der Waals surface area (Å²) in [6.45, 7) is 3.35. The Bertz CT molecular complexity index is 1130. The van der Waals surface area contributed by atoms with Crippen molar-refractivity contribution in [3.8, 4) is 5.69 Å². The molecule has 4 aromatic rings. The molecule has 1 fully saturated rings. The van der Waals surface area contributed by atoms with Crippen LogP contribution in [0.1, 0.15) is 25.1 Å². The van der Waals surface area contributed by atoms with Crippen LogP contribution in [0.3, 0.4) is 0 Å². The van der Waals surface area contributed by atoms with E-state index in [-0.39, 0.29) is 0 Å². The van der Waals surface area contributed by atoms with Gasteiger partial charge in [-0.3, -0.25) is 4.90 Å². The van der Waals surface area contributed by atoms with Crippen LogP contribution in [0.5, 0.6) is 0 Å². The summed E-state index contributed by atoms with van der Waals surface area (Å²) in [7, 11) is 0. The summed E-state index contributed by atoms with van der Waals surface area (Å²) >= 11 is 0. The van der Waals surface area contributed by atoms with Crippen molar-refractivity contribution in [2.75, 3.05) is 13.1 Å². The number of aromatic nitrogens is 4. The van der Waals surface area contributed by atoms with Gasteiger partial charge in [-0.2, -0.15) is 0 Å². The van der Waals surface area contributed by atoms with Gasteiger partial charge in [0.05, 0.1) is 11.0 Å². The molecule has 2 aliphatic rings. The van der Waals surface area contributed by atoms with E-state index in [1.165, 1.54) is 30.6 Å². The number of pyridine rings is 1. The molecule has 5 nitrogen and oxygen atoms in total. The molecule has 0 spiro atoms. The number of imidazole rings is 1. The number of nitrogens with zero attached hydrogens (tertiary/aromatic N) is 5. The number of rotatable bonds is 2. The SMILES string of the molecule is c1cnc2c(c1)ccn2-c1ccc2c(c1)nc1n2CCN(C2CCC2)CC1. The van der Waals surface area contributed by atoms with Crippen molar-refractivity contribution >= 4 is 22.1 Å². The lowest BCUT2D eigenvalue weighted by Crippen LogP contribution is -2.41. The zero-order chi connectivity index (χ0) is 17.8. The fourth-order valence-corrected chi connectivity index (χ4v) is 4.63. The average molecular weight is 357 g/mol. The maximum Gasteiger partial charge on any atom is 0.144 e. The molecule has 0 amide bonds. The van der Waals surface area contributed by atoms with Crippen molar-refractivity contribution in [1.82, 2.24) is 24.0 Å². The Morgan fingerprint density at radius 1 is 1.00 bits per heavy atom. The molecular weight excluding hydrogens is 334 g/mol. The van der Waals surface area contributed by atoms with Gasteiger partial charge in [0, 0.05) is 55.6 Å². The first-order chi connectivity index (χ1) is 13.4. The second-order valence-corrected chi connectivity index (χ2v) is 7.83. The van der Waals surface area contributed by atoms with Gasteiger partial charge in [-0.05, 0) is 49.2 Å². The van der Waals surface area contributed by atoms with Crippen molar-refractivity contribution in [2.45, 2.75) is 38.3 Å². The fraction of sp³-hybridized carbons (Fsp3) is 0.364. The number of fused-ring (bicyclic) bond motifs is 4. The van der Waals surface area contributed by atoms with Crippen LogP contribution in [0.4, 0.5) is 0 Å². The third kappa shape index (κ3) is 2.42. The second-order valence-electron chi connectivity index (χ2n) is 7.83. The van der Waals surface area contributed by atoms with E-state index in [1.807, 2.05) is 12.3 Å². The quantitative estimate of drug-likeness (QED) is 0.548. The van der Waals surface area contributed by atoms with E-state index in [0.717, 1.165) is 54.3 Å². The molecule has 5 heteroatoms. The highest BCUT2D eigenvalue weighted by molar-refractivity contribution is 5.82. The number of hydrogen-bond acceptors (Lipinski definition) is 3. The van der Waals surface area contributed by atoms with Crippen molar-refractivity contribution in [3.05, 3.63) is 54.6 Å². The lowest BCUT2D eigenvalue weighted by atomic mass is 9.91. The monoisotopic (exact) mass is 357 g/mol. The first-order valence-corrected chi connectivity index (χ1v) is 10.0. The van der Waals surface area contributed by atoms with E-state index in [1.54, 1.807) is 0 Å². The molecule has 0 bridgehead atoms. The Morgan fingerprint density at radius 3 is 2.85 bits per heavy atom. The highest BCUT2D eigenvalue weighted by Crippen LogP contribution is 2.28. The molecular formula is C22H23N5. The molecule has 0 radical (unpaired) electrons. The maximum absolute atomic E-state index is 5.00. The summed E-state index contributed by atoms with van der Waals surface area (Å²) in [6, 6.07) is 13.6. The van der Waals surface area contributed by atoms with Gasteiger partial charge < -0.3 is 9.13 Å². The summed E-state index contributed by atoms with van der Waals surface area (Å²) in [6.07, 6.45) is 9.16. The van der Waals surface area contributed by atoms with Crippen molar-refractivity contribution in [1.29, 1.82) is 0 Å². The Labute approximate surface area is 158 Å². The predicted molar refractivity (Wildman–Crippen MR) is 107 cm³/mol. The molecule has 1 saturated carbocycles. The molecule has 1 aromatic carbocycles. The van der Waals surface area contributed by atoms with Crippen LogP contribution in [0, 0.1) is 0 Å². The maximum atomic E-state index is 5.00. The lowest BCUT2D eigenvalue weighted by Gasteiger charge is -2.36. The van der Waals surface area contributed by atoms with Gasteiger partial charge in [-0.15, -0.1) is 0 Å². The fourth-order valence-electron chi connectivity index (χ4n) is 4.63. The predicted octanol–water partition coefficient (Wildman–Crippen LogP) is 3.79. The summed E-state index contributed by atoms with van der Waals surface area (Å²) in [5, 5.41) is 1.16. The minimum Gasteiger partial charge on any atom is -0.327 e. The Kier molecular flexibility index (Phi) is 3.38. The molecule has 1 aliphatic carbocycles. The number of hydrogen-bond donors (Lipinski definition) is 0. The molecule has 0 atom stereocenters. The summed E-state index contributed by atoms with van der Waals surface area (Å²) in [5.41, 5.74) is 4.47. The minimum atomic E-state index is 0.821. The van der Waals surface area contributed by atoms with E-state index >= 15 is 0 Å². The van der Waals surface area contributed by atoms with Crippen molar-refractivity contribution in [2.24, 2.45) is 0 Å². The van der Waals surface area contributed by atoms with E-state index in [4.69, 9.17) is 4.98 Å². The molecule has 0 unspecified atom stereocenters. The molecule has 3 aromatic heterocycles. The van der Waals surface area contributed by atoms with Crippen LogP contribution >= 0.6 is 0 Å². The van der Waals surface area contributed by atoms with Gasteiger partial charge in [-0.1, -0.05) is 6.42 Å². The first-order valence-electron chi connectivity index (χ1n) is 10.0. The van der Waals surface area contributed by atoms with Gasteiger partial charge in [0.15, 0.2) is 0 Å². The average Bonchev–Trinajstić information content (AvgIpc) is 3.17. The normalized spacial score (nSPS) is 18.5.